The molecular weight excluding hydrogens is 188 g/mol. The number of sulfonamides is 1. The van der Waals surface area contributed by atoms with Crippen LogP contribution in [0.4, 0.5) is 0 Å². The molecule has 1 aliphatic rings. The van der Waals surface area contributed by atoms with Crippen LogP contribution < -0.4 is 5.14 Å². The molecule has 1 rings (SSSR count). The molecule has 2 N–H and O–H groups in total. The Labute approximate surface area is 80.1 Å². The second-order valence-electron chi connectivity index (χ2n) is 3.58. The summed E-state index contributed by atoms with van der Waals surface area (Å²) in [4.78, 5) is 2.27. The van der Waals surface area contributed by atoms with Crippen molar-refractivity contribution in [3.63, 3.8) is 0 Å². The molecule has 0 aromatic carbocycles. The highest BCUT2D eigenvalue weighted by Crippen LogP contribution is 2.15. The Kier molecular flexibility index (Phi) is 3.70. The molecule has 0 aliphatic carbocycles. The van der Waals surface area contributed by atoms with Gasteiger partial charge in [-0.05, 0) is 38.9 Å². The minimum Gasteiger partial charge on any atom is -0.304 e. The zero-order valence-electron chi connectivity index (χ0n) is 8.07. The summed E-state index contributed by atoms with van der Waals surface area (Å²) in [5, 5.41) is 4.80. The molecular formula is C8H18N2O2S. The summed E-state index contributed by atoms with van der Waals surface area (Å²) >= 11 is 0. The van der Waals surface area contributed by atoms with Gasteiger partial charge in [0, 0.05) is 0 Å². The van der Waals surface area contributed by atoms with Crippen molar-refractivity contribution in [2.45, 2.75) is 31.4 Å². The molecule has 0 amide bonds. The third-order valence-electron chi connectivity index (χ3n) is 2.68. The number of primary sulfonamides is 1. The predicted octanol–water partition coefficient (Wildman–Crippen LogP) is 0.149. The second kappa shape index (κ2) is 4.39. The largest absolute Gasteiger partial charge is 0.304 e. The lowest BCUT2D eigenvalue weighted by atomic mass is 10.2. The average molecular weight is 206 g/mol. The van der Waals surface area contributed by atoms with E-state index in [2.05, 4.69) is 11.8 Å². The second-order valence-corrected chi connectivity index (χ2v) is 5.42. The van der Waals surface area contributed by atoms with Crippen molar-refractivity contribution >= 4 is 10.0 Å². The van der Waals surface area contributed by atoms with Crippen molar-refractivity contribution in [2.75, 3.05) is 19.6 Å². The van der Waals surface area contributed by atoms with E-state index in [1.54, 1.807) is 0 Å². The van der Waals surface area contributed by atoms with Gasteiger partial charge in [-0.2, -0.15) is 0 Å². The van der Waals surface area contributed by atoms with Gasteiger partial charge in [-0.1, -0.05) is 6.92 Å². The van der Waals surface area contributed by atoms with Crippen molar-refractivity contribution in [1.82, 2.24) is 4.90 Å². The minimum absolute atomic E-state index is 0.316. The normalized spacial score (nSPS) is 27.1. The molecule has 1 aliphatic heterocycles. The predicted molar refractivity (Wildman–Crippen MR) is 52.9 cm³/mol. The Morgan fingerprint density at radius 3 is 2.62 bits per heavy atom. The molecule has 0 saturated carbocycles. The first-order chi connectivity index (χ1) is 6.04. The topological polar surface area (TPSA) is 63.4 Å². The van der Waals surface area contributed by atoms with Gasteiger partial charge in [-0.15, -0.1) is 0 Å². The first kappa shape index (κ1) is 10.9. The molecule has 0 spiro atoms. The summed E-state index contributed by atoms with van der Waals surface area (Å²) in [6.45, 7) is 4.95. The number of nitrogens with zero attached hydrogens (tertiary/aromatic N) is 1. The van der Waals surface area contributed by atoms with Gasteiger partial charge in [0.05, 0.1) is 5.25 Å². The van der Waals surface area contributed by atoms with Gasteiger partial charge in [0.1, 0.15) is 0 Å². The summed E-state index contributed by atoms with van der Waals surface area (Å²) in [6, 6.07) is 0. The van der Waals surface area contributed by atoms with Crippen molar-refractivity contribution < 1.29 is 8.42 Å². The van der Waals surface area contributed by atoms with Crippen LogP contribution in [0.25, 0.3) is 0 Å². The number of rotatable bonds is 2. The summed E-state index contributed by atoms with van der Waals surface area (Å²) in [5.41, 5.74) is 0. The fourth-order valence-corrected chi connectivity index (χ4v) is 2.70. The van der Waals surface area contributed by atoms with Gasteiger partial charge in [-0.25, -0.2) is 13.6 Å². The van der Waals surface area contributed by atoms with Gasteiger partial charge in [0.25, 0.3) is 0 Å². The highest BCUT2D eigenvalue weighted by Gasteiger charge is 2.24. The van der Waals surface area contributed by atoms with Crippen molar-refractivity contribution in [1.29, 1.82) is 0 Å². The lowest BCUT2D eigenvalue weighted by Gasteiger charge is -2.16. The molecule has 1 saturated heterocycles. The third kappa shape index (κ3) is 3.25. The Morgan fingerprint density at radius 2 is 2.08 bits per heavy atom. The molecule has 0 radical (unpaired) electrons. The van der Waals surface area contributed by atoms with Crippen LogP contribution in [0, 0.1) is 0 Å². The van der Waals surface area contributed by atoms with E-state index in [9.17, 15) is 8.42 Å². The first-order valence-corrected chi connectivity index (χ1v) is 6.39. The van der Waals surface area contributed by atoms with Crippen molar-refractivity contribution in [2.24, 2.45) is 5.14 Å². The molecule has 13 heavy (non-hydrogen) atoms. The van der Waals surface area contributed by atoms with Gasteiger partial charge < -0.3 is 4.90 Å². The molecule has 1 unspecified atom stereocenters. The molecule has 4 nitrogen and oxygen atoms in total. The van der Waals surface area contributed by atoms with Crippen LogP contribution in [0.5, 0.6) is 0 Å². The maximum absolute atomic E-state index is 11.1. The number of hydrogen-bond acceptors (Lipinski definition) is 3. The van der Waals surface area contributed by atoms with Gasteiger partial charge in [0.2, 0.25) is 10.0 Å². The summed E-state index contributed by atoms with van der Waals surface area (Å²) in [6.07, 6.45) is 2.34. The fourth-order valence-electron chi connectivity index (χ4n) is 1.77. The van der Waals surface area contributed by atoms with Gasteiger partial charge in [-0.3, -0.25) is 0 Å². The van der Waals surface area contributed by atoms with E-state index >= 15 is 0 Å². The monoisotopic (exact) mass is 206 g/mol. The molecule has 0 bridgehead atoms. The Balaban J connectivity index is 2.55. The first-order valence-electron chi connectivity index (χ1n) is 4.78. The number of likely N-dealkylation sites (tertiary alicyclic amines) is 1. The van der Waals surface area contributed by atoms with E-state index in [0.29, 0.717) is 6.42 Å². The third-order valence-corrected chi connectivity index (χ3v) is 4.08. The zero-order valence-corrected chi connectivity index (χ0v) is 8.89. The molecule has 1 fully saturated rings. The molecule has 1 heterocycles. The van der Waals surface area contributed by atoms with Crippen LogP contribution in [-0.4, -0.2) is 38.2 Å². The fraction of sp³-hybridized carbons (Fsp3) is 1.00. The molecule has 1 atom stereocenters. The quantitative estimate of drug-likeness (QED) is 0.699. The molecule has 78 valence electrons. The average Bonchev–Trinajstić information content (AvgIpc) is 2.26. The summed E-state index contributed by atoms with van der Waals surface area (Å²) < 4.78 is 22.2. The van der Waals surface area contributed by atoms with Crippen LogP contribution >= 0.6 is 0 Å². The Hall–Kier alpha value is -0.130. The Morgan fingerprint density at radius 1 is 1.38 bits per heavy atom. The lowest BCUT2D eigenvalue weighted by Crippen LogP contribution is -2.30. The SMILES string of the molecule is CCN1CCCC(S(N)(=O)=O)CC1. The lowest BCUT2D eigenvalue weighted by molar-refractivity contribution is 0.301. The van der Waals surface area contributed by atoms with E-state index in [0.717, 1.165) is 32.5 Å². The van der Waals surface area contributed by atoms with E-state index in [1.807, 2.05) is 0 Å². The van der Waals surface area contributed by atoms with E-state index in [4.69, 9.17) is 5.14 Å². The highest BCUT2D eigenvalue weighted by molar-refractivity contribution is 7.89. The molecule has 0 aromatic rings. The molecule has 0 aromatic heterocycles. The van der Waals surface area contributed by atoms with Gasteiger partial charge >= 0.3 is 0 Å². The number of nitrogens with two attached hydrogens (primary N) is 1. The zero-order chi connectivity index (χ0) is 9.90. The highest BCUT2D eigenvalue weighted by atomic mass is 32.2. The van der Waals surface area contributed by atoms with Crippen LogP contribution in [0.3, 0.4) is 0 Å². The van der Waals surface area contributed by atoms with Crippen molar-refractivity contribution in [3.05, 3.63) is 0 Å². The van der Waals surface area contributed by atoms with Crippen LogP contribution in [0.15, 0.2) is 0 Å². The maximum Gasteiger partial charge on any atom is 0.212 e. The summed E-state index contributed by atoms with van der Waals surface area (Å²) in [7, 11) is -3.31. The Bertz CT molecular complexity index is 251. The van der Waals surface area contributed by atoms with Crippen LogP contribution in [-0.2, 0) is 10.0 Å². The van der Waals surface area contributed by atoms with E-state index in [1.165, 1.54) is 0 Å². The molecule has 5 heteroatoms. The van der Waals surface area contributed by atoms with Crippen molar-refractivity contribution in [3.8, 4) is 0 Å². The minimum atomic E-state index is -3.31. The van der Waals surface area contributed by atoms with E-state index < -0.39 is 10.0 Å². The van der Waals surface area contributed by atoms with Gasteiger partial charge in [0.15, 0.2) is 0 Å². The number of hydrogen-bond donors (Lipinski definition) is 1. The standard InChI is InChI=1S/C8H18N2O2S/c1-2-10-6-3-4-8(5-7-10)13(9,11)12/h8H,2-7H2,1H3,(H2,9,11,12). The van der Waals surface area contributed by atoms with E-state index in [-0.39, 0.29) is 5.25 Å². The van der Waals surface area contributed by atoms with Crippen LogP contribution in [0.1, 0.15) is 26.2 Å². The summed E-state index contributed by atoms with van der Waals surface area (Å²) in [5.74, 6) is 0. The smallest absolute Gasteiger partial charge is 0.212 e. The van der Waals surface area contributed by atoms with Crippen LogP contribution in [0.2, 0.25) is 0 Å². The maximum atomic E-state index is 11.1.